The van der Waals surface area contributed by atoms with E-state index in [0.29, 0.717) is 25.7 Å². The molecule has 3 N–H and O–H groups in total. The van der Waals surface area contributed by atoms with E-state index in [0.717, 1.165) is 6.54 Å². The van der Waals surface area contributed by atoms with Crippen LogP contribution in [0.15, 0.2) is 0 Å². The Bertz CT molecular complexity index is 179. The van der Waals surface area contributed by atoms with Gasteiger partial charge in [0.15, 0.2) is 0 Å². The standard InChI is InChI=1S/C9H19N3O2/c1-7-5-12-8(6-11-7)9(13)10-3-4-14-2/h7-8,11-12H,3-6H2,1-2H3,(H,10,13). The normalized spacial score (nSPS) is 27.3. The first kappa shape index (κ1) is 11.4. The number of amides is 1. The minimum Gasteiger partial charge on any atom is -0.383 e. The Morgan fingerprint density at radius 2 is 2.29 bits per heavy atom. The van der Waals surface area contributed by atoms with E-state index in [9.17, 15) is 4.79 Å². The highest BCUT2D eigenvalue weighted by atomic mass is 16.5. The van der Waals surface area contributed by atoms with E-state index in [4.69, 9.17) is 4.74 Å². The molecule has 1 saturated heterocycles. The minimum absolute atomic E-state index is 0.0430. The molecule has 1 heterocycles. The maximum atomic E-state index is 11.5. The van der Waals surface area contributed by atoms with Crippen LogP contribution in [0.25, 0.3) is 0 Å². The molecule has 0 spiro atoms. The van der Waals surface area contributed by atoms with E-state index in [2.05, 4.69) is 22.9 Å². The molecule has 1 amide bonds. The number of piperazine rings is 1. The zero-order valence-corrected chi connectivity index (χ0v) is 8.80. The average Bonchev–Trinajstić information content (AvgIpc) is 2.19. The van der Waals surface area contributed by atoms with Crippen molar-refractivity contribution in [3.8, 4) is 0 Å². The van der Waals surface area contributed by atoms with Gasteiger partial charge in [-0.3, -0.25) is 4.79 Å². The molecular weight excluding hydrogens is 182 g/mol. The van der Waals surface area contributed by atoms with Gasteiger partial charge in [-0.1, -0.05) is 0 Å². The third kappa shape index (κ3) is 3.61. The monoisotopic (exact) mass is 201 g/mol. The summed E-state index contributed by atoms with van der Waals surface area (Å²) in [7, 11) is 1.62. The van der Waals surface area contributed by atoms with E-state index in [1.54, 1.807) is 7.11 Å². The molecule has 0 saturated carbocycles. The zero-order valence-electron chi connectivity index (χ0n) is 8.80. The van der Waals surface area contributed by atoms with Crippen molar-refractivity contribution in [2.45, 2.75) is 19.0 Å². The van der Waals surface area contributed by atoms with Crippen LogP contribution in [-0.2, 0) is 9.53 Å². The highest BCUT2D eigenvalue weighted by Gasteiger charge is 2.22. The van der Waals surface area contributed by atoms with Crippen molar-refractivity contribution in [1.29, 1.82) is 0 Å². The van der Waals surface area contributed by atoms with E-state index < -0.39 is 0 Å². The molecule has 14 heavy (non-hydrogen) atoms. The van der Waals surface area contributed by atoms with Crippen molar-refractivity contribution < 1.29 is 9.53 Å². The fourth-order valence-corrected chi connectivity index (χ4v) is 1.37. The fourth-order valence-electron chi connectivity index (χ4n) is 1.37. The van der Waals surface area contributed by atoms with E-state index in [1.807, 2.05) is 0 Å². The van der Waals surface area contributed by atoms with E-state index >= 15 is 0 Å². The van der Waals surface area contributed by atoms with Crippen molar-refractivity contribution in [3.63, 3.8) is 0 Å². The lowest BCUT2D eigenvalue weighted by Crippen LogP contribution is -2.59. The highest BCUT2D eigenvalue weighted by molar-refractivity contribution is 5.82. The molecule has 0 bridgehead atoms. The number of carbonyl (C=O) groups is 1. The number of ether oxygens (including phenoxy) is 1. The Labute approximate surface area is 84.6 Å². The molecule has 0 aromatic carbocycles. The summed E-state index contributed by atoms with van der Waals surface area (Å²) in [5.74, 6) is 0.0430. The van der Waals surface area contributed by atoms with Crippen LogP contribution in [0.5, 0.6) is 0 Å². The van der Waals surface area contributed by atoms with Gasteiger partial charge >= 0.3 is 0 Å². The Kier molecular flexibility index (Phi) is 4.86. The second-order valence-electron chi connectivity index (χ2n) is 3.55. The Hall–Kier alpha value is -0.650. The fraction of sp³-hybridized carbons (Fsp3) is 0.889. The number of methoxy groups -OCH3 is 1. The molecule has 0 aromatic rings. The third-order valence-corrected chi connectivity index (χ3v) is 2.26. The lowest BCUT2D eigenvalue weighted by molar-refractivity contribution is -0.123. The number of rotatable bonds is 4. The smallest absolute Gasteiger partial charge is 0.238 e. The van der Waals surface area contributed by atoms with Crippen molar-refractivity contribution in [1.82, 2.24) is 16.0 Å². The lowest BCUT2D eigenvalue weighted by atomic mass is 10.1. The predicted octanol–water partition coefficient (Wildman–Crippen LogP) is -1.30. The second kappa shape index (κ2) is 5.95. The SMILES string of the molecule is COCCNC(=O)C1CNC(C)CN1. The lowest BCUT2D eigenvalue weighted by Gasteiger charge is -2.28. The van der Waals surface area contributed by atoms with Gasteiger partial charge in [-0.05, 0) is 6.92 Å². The summed E-state index contributed by atoms with van der Waals surface area (Å²) < 4.78 is 4.85. The average molecular weight is 201 g/mol. The molecule has 0 aromatic heterocycles. The number of hydrogen-bond donors (Lipinski definition) is 3. The maximum Gasteiger partial charge on any atom is 0.238 e. The van der Waals surface area contributed by atoms with Crippen LogP contribution in [0.1, 0.15) is 6.92 Å². The molecule has 5 nitrogen and oxygen atoms in total. The molecule has 1 aliphatic rings. The van der Waals surface area contributed by atoms with E-state index in [1.165, 1.54) is 0 Å². The molecule has 1 aliphatic heterocycles. The Morgan fingerprint density at radius 1 is 1.50 bits per heavy atom. The summed E-state index contributed by atoms with van der Waals surface area (Å²) in [6, 6.07) is 0.334. The van der Waals surface area contributed by atoms with Crippen LogP contribution >= 0.6 is 0 Å². The highest BCUT2D eigenvalue weighted by Crippen LogP contribution is 1.92. The summed E-state index contributed by atoms with van der Waals surface area (Å²) in [6.07, 6.45) is 0. The quantitative estimate of drug-likeness (QED) is 0.495. The van der Waals surface area contributed by atoms with Crippen LogP contribution < -0.4 is 16.0 Å². The first-order valence-electron chi connectivity index (χ1n) is 4.97. The summed E-state index contributed by atoms with van der Waals surface area (Å²) in [4.78, 5) is 11.5. The third-order valence-electron chi connectivity index (χ3n) is 2.26. The second-order valence-corrected chi connectivity index (χ2v) is 3.55. The number of hydrogen-bond acceptors (Lipinski definition) is 4. The first-order valence-corrected chi connectivity index (χ1v) is 4.97. The molecule has 2 unspecified atom stereocenters. The Balaban J connectivity index is 2.17. The molecule has 0 aliphatic carbocycles. The van der Waals surface area contributed by atoms with Gasteiger partial charge in [0.25, 0.3) is 0 Å². The van der Waals surface area contributed by atoms with E-state index in [-0.39, 0.29) is 11.9 Å². The number of carbonyl (C=O) groups excluding carboxylic acids is 1. The van der Waals surface area contributed by atoms with Gasteiger partial charge in [0, 0.05) is 32.8 Å². The topological polar surface area (TPSA) is 62.4 Å². The summed E-state index contributed by atoms with van der Waals surface area (Å²) in [5.41, 5.74) is 0. The van der Waals surface area contributed by atoms with Crippen LogP contribution in [0, 0.1) is 0 Å². The van der Waals surface area contributed by atoms with Gasteiger partial charge in [-0.15, -0.1) is 0 Å². The zero-order chi connectivity index (χ0) is 10.4. The predicted molar refractivity (Wildman–Crippen MR) is 54.1 cm³/mol. The van der Waals surface area contributed by atoms with Gasteiger partial charge in [-0.25, -0.2) is 0 Å². The summed E-state index contributed by atoms with van der Waals surface area (Å²) in [6.45, 7) is 4.75. The first-order chi connectivity index (χ1) is 6.74. The van der Waals surface area contributed by atoms with Crippen LogP contribution in [-0.4, -0.2) is 51.3 Å². The van der Waals surface area contributed by atoms with Gasteiger partial charge in [0.05, 0.1) is 12.6 Å². The van der Waals surface area contributed by atoms with Gasteiger partial charge in [-0.2, -0.15) is 0 Å². The van der Waals surface area contributed by atoms with Crippen molar-refractivity contribution in [2.24, 2.45) is 0 Å². The van der Waals surface area contributed by atoms with Crippen LogP contribution in [0.3, 0.4) is 0 Å². The molecule has 82 valence electrons. The van der Waals surface area contributed by atoms with Gasteiger partial charge < -0.3 is 20.7 Å². The van der Waals surface area contributed by atoms with Gasteiger partial charge in [0.2, 0.25) is 5.91 Å². The molecular formula is C9H19N3O2. The number of nitrogens with one attached hydrogen (secondary N) is 3. The van der Waals surface area contributed by atoms with Crippen LogP contribution in [0.4, 0.5) is 0 Å². The van der Waals surface area contributed by atoms with Crippen LogP contribution in [0.2, 0.25) is 0 Å². The summed E-state index contributed by atoms with van der Waals surface area (Å²) >= 11 is 0. The largest absolute Gasteiger partial charge is 0.383 e. The van der Waals surface area contributed by atoms with Crippen molar-refractivity contribution >= 4 is 5.91 Å². The molecule has 2 atom stereocenters. The molecule has 1 rings (SSSR count). The molecule has 0 radical (unpaired) electrons. The van der Waals surface area contributed by atoms with Crippen molar-refractivity contribution in [2.75, 3.05) is 33.4 Å². The summed E-state index contributed by atoms with van der Waals surface area (Å²) in [5, 5.41) is 9.23. The van der Waals surface area contributed by atoms with Gasteiger partial charge in [0.1, 0.15) is 0 Å². The Morgan fingerprint density at radius 3 is 2.86 bits per heavy atom. The molecule has 5 heteroatoms. The van der Waals surface area contributed by atoms with Crippen molar-refractivity contribution in [3.05, 3.63) is 0 Å². The molecule has 1 fully saturated rings. The maximum absolute atomic E-state index is 11.5. The minimum atomic E-state index is -0.108.